The first-order valence-corrected chi connectivity index (χ1v) is 9.99. The van der Waals surface area contributed by atoms with Gasteiger partial charge in [-0.15, -0.1) is 24.0 Å². The van der Waals surface area contributed by atoms with Gasteiger partial charge in [-0.25, -0.2) is 4.99 Å². The average molecular weight is 540 g/mol. The van der Waals surface area contributed by atoms with Crippen molar-refractivity contribution in [2.75, 3.05) is 39.5 Å². The molecule has 0 unspecified atom stereocenters. The van der Waals surface area contributed by atoms with E-state index in [-0.39, 0.29) is 24.0 Å². The van der Waals surface area contributed by atoms with Crippen LogP contribution < -0.4 is 10.6 Å². The van der Waals surface area contributed by atoms with Gasteiger partial charge in [-0.1, -0.05) is 28.1 Å². The molecule has 0 aromatic heterocycles. The Hall–Kier alpha value is -0.380. The van der Waals surface area contributed by atoms with E-state index >= 15 is 0 Å². The molecule has 7 heteroatoms. The van der Waals surface area contributed by atoms with E-state index in [0.29, 0.717) is 12.5 Å². The molecule has 2 N–H and O–H groups in total. The fourth-order valence-electron chi connectivity index (χ4n) is 2.65. The van der Waals surface area contributed by atoms with Crippen LogP contribution in [0.25, 0.3) is 0 Å². The summed E-state index contributed by atoms with van der Waals surface area (Å²) in [6.07, 6.45) is 3.24. The van der Waals surface area contributed by atoms with Crippen LogP contribution in [0.5, 0.6) is 0 Å². The molecule has 0 amide bonds. The lowest BCUT2D eigenvalue weighted by Crippen LogP contribution is -2.38. The van der Waals surface area contributed by atoms with Gasteiger partial charge < -0.3 is 20.1 Å². The lowest BCUT2D eigenvalue weighted by molar-refractivity contribution is 0.0203. The molecule has 26 heavy (non-hydrogen) atoms. The van der Waals surface area contributed by atoms with Crippen LogP contribution >= 0.6 is 39.9 Å². The Morgan fingerprint density at radius 2 is 1.96 bits per heavy atom. The van der Waals surface area contributed by atoms with Gasteiger partial charge in [0.1, 0.15) is 0 Å². The van der Waals surface area contributed by atoms with Crippen LogP contribution in [0.4, 0.5) is 0 Å². The van der Waals surface area contributed by atoms with E-state index in [2.05, 4.69) is 50.6 Å². The van der Waals surface area contributed by atoms with E-state index in [1.807, 2.05) is 12.1 Å². The third-order valence-electron chi connectivity index (χ3n) is 4.13. The summed E-state index contributed by atoms with van der Waals surface area (Å²) in [4.78, 5) is 4.63. The van der Waals surface area contributed by atoms with Crippen molar-refractivity contribution >= 4 is 45.9 Å². The molecule has 1 saturated heterocycles. The van der Waals surface area contributed by atoms with Crippen LogP contribution in [0.2, 0.25) is 0 Å². The van der Waals surface area contributed by atoms with Crippen molar-refractivity contribution in [1.29, 1.82) is 0 Å². The minimum Gasteiger partial charge on any atom is -0.381 e. The molecule has 1 aromatic rings. The number of guanidine groups is 1. The molecule has 1 heterocycles. The van der Waals surface area contributed by atoms with Crippen molar-refractivity contribution in [3.8, 4) is 0 Å². The average Bonchev–Trinajstić information content (AvgIpc) is 2.64. The molecule has 0 saturated carbocycles. The Morgan fingerprint density at radius 3 is 2.65 bits per heavy atom. The van der Waals surface area contributed by atoms with Crippen LogP contribution in [0.1, 0.15) is 31.7 Å². The van der Waals surface area contributed by atoms with Crippen molar-refractivity contribution in [3.63, 3.8) is 0 Å². The summed E-state index contributed by atoms with van der Waals surface area (Å²) >= 11 is 3.45. The van der Waals surface area contributed by atoms with Gasteiger partial charge in [0.05, 0.1) is 6.54 Å². The van der Waals surface area contributed by atoms with E-state index < -0.39 is 0 Å². The van der Waals surface area contributed by atoms with Gasteiger partial charge in [-0.3, -0.25) is 0 Å². The molecule has 0 bridgehead atoms. The third-order valence-corrected chi connectivity index (χ3v) is 4.66. The number of halogens is 2. The Labute approximate surface area is 182 Å². The van der Waals surface area contributed by atoms with Gasteiger partial charge in [-0.05, 0) is 49.8 Å². The van der Waals surface area contributed by atoms with E-state index in [1.54, 1.807) is 0 Å². The second-order valence-electron chi connectivity index (χ2n) is 6.23. The SMILES string of the molecule is CCNC(=NCc1ccc(Br)cc1)NCCCOCC1CCOCC1.I. The first-order valence-electron chi connectivity index (χ1n) is 9.20. The monoisotopic (exact) mass is 539 g/mol. The highest BCUT2D eigenvalue weighted by molar-refractivity contribution is 14.0. The van der Waals surface area contributed by atoms with Crippen LogP contribution in [0.15, 0.2) is 33.7 Å². The fourth-order valence-corrected chi connectivity index (χ4v) is 2.91. The smallest absolute Gasteiger partial charge is 0.191 e. The van der Waals surface area contributed by atoms with Crippen molar-refractivity contribution in [1.82, 2.24) is 10.6 Å². The summed E-state index contributed by atoms with van der Waals surface area (Å²) in [6.45, 7) is 7.88. The highest BCUT2D eigenvalue weighted by Gasteiger charge is 2.13. The van der Waals surface area contributed by atoms with Crippen molar-refractivity contribution < 1.29 is 9.47 Å². The van der Waals surface area contributed by atoms with E-state index in [0.717, 1.165) is 69.2 Å². The van der Waals surface area contributed by atoms with Crippen molar-refractivity contribution in [2.24, 2.45) is 10.9 Å². The van der Waals surface area contributed by atoms with Gasteiger partial charge in [0.25, 0.3) is 0 Å². The van der Waals surface area contributed by atoms with Gasteiger partial charge in [0.15, 0.2) is 5.96 Å². The first-order chi connectivity index (χ1) is 12.3. The largest absolute Gasteiger partial charge is 0.381 e. The second-order valence-corrected chi connectivity index (χ2v) is 7.15. The maximum Gasteiger partial charge on any atom is 0.191 e. The van der Waals surface area contributed by atoms with Crippen molar-refractivity contribution in [3.05, 3.63) is 34.3 Å². The van der Waals surface area contributed by atoms with Crippen LogP contribution in [0, 0.1) is 5.92 Å². The molecule has 1 aliphatic heterocycles. The molecule has 5 nitrogen and oxygen atoms in total. The molecule has 0 spiro atoms. The van der Waals surface area contributed by atoms with Gasteiger partial charge in [0.2, 0.25) is 0 Å². The highest BCUT2D eigenvalue weighted by atomic mass is 127. The Bertz CT molecular complexity index is 508. The molecular formula is C19H31BrIN3O2. The molecule has 1 aromatic carbocycles. The molecule has 0 atom stereocenters. The number of aliphatic imine (C=N–C) groups is 1. The topological polar surface area (TPSA) is 54.9 Å². The molecule has 1 aliphatic rings. The number of benzene rings is 1. The third kappa shape index (κ3) is 10.1. The number of nitrogens with one attached hydrogen (secondary N) is 2. The number of ether oxygens (including phenoxy) is 2. The summed E-state index contributed by atoms with van der Waals surface area (Å²) in [5, 5.41) is 6.65. The number of hydrogen-bond donors (Lipinski definition) is 2. The fraction of sp³-hybridized carbons (Fsp3) is 0.632. The van der Waals surface area contributed by atoms with E-state index in [1.165, 1.54) is 5.56 Å². The summed E-state index contributed by atoms with van der Waals surface area (Å²) in [6, 6.07) is 8.25. The van der Waals surface area contributed by atoms with Gasteiger partial charge >= 0.3 is 0 Å². The first kappa shape index (κ1) is 23.7. The number of rotatable bonds is 9. The van der Waals surface area contributed by atoms with Crippen LogP contribution in [-0.2, 0) is 16.0 Å². The normalized spacial score (nSPS) is 15.4. The minimum atomic E-state index is 0. The molecule has 148 valence electrons. The van der Waals surface area contributed by atoms with Crippen LogP contribution in [0.3, 0.4) is 0 Å². The van der Waals surface area contributed by atoms with Crippen molar-refractivity contribution in [2.45, 2.75) is 32.7 Å². The van der Waals surface area contributed by atoms with E-state index in [9.17, 15) is 0 Å². The molecule has 0 aliphatic carbocycles. The van der Waals surface area contributed by atoms with E-state index in [4.69, 9.17) is 9.47 Å². The Morgan fingerprint density at radius 1 is 1.23 bits per heavy atom. The maximum absolute atomic E-state index is 5.80. The molecule has 1 fully saturated rings. The number of hydrogen-bond acceptors (Lipinski definition) is 3. The number of nitrogens with zero attached hydrogens (tertiary/aromatic N) is 1. The standard InChI is InChI=1S/C19H30BrN3O2.HI/c1-2-21-19(23-14-16-4-6-18(20)7-5-16)22-10-3-11-25-15-17-8-12-24-13-9-17;/h4-7,17H,2-3,8-15H2,1H3,(H2,21,22,23);1H. The summed E-state index contributed by atoms with van der Waals surface area (Å²) in [7, 11) is 0. The predicted molar refractivity (Wildman–Crippen MR) is 121 cm³/mol. The van der Waals surface area contributed by atoms with Crippen LogP contribution in [-0.4, -0.2) is 45.5 Å². The minimum absolute atomic E-state index is 0. The predicted octanol–water partition coefficient (Wildman–Crippen LogP) is 3.96. The summed E-state index contributed by atoms with van der Waals surface area (Å²) < 4.78 is 12.3. The Kier molecular flexibility index (Phi) is 13.3. The second kappa shape index (κ2) is 14.6. The highest BCUT2D eigenvalue weighted by Crippen LogP contribution is 2.14. The zero-order valence-electron chi connectivity index (χ0n) is 15.5. The zero-order chi connectivity index (χ0) is 17.7. The summed E-state index contributed by atoms with van der Waals surface area (Å²) in [5.74, 6) is 1.53. The molecule has 0 radical (unpaired) electrons. The maximum atomic E-state index is 5.80. The molecule has 2 rings (SSSR count). The lowest BCUT2D eigenvalue weighted by atomic mass is 10.0. The van der Waals surface area contributed by atoms with Gasteiger partial charge in [-0.2, -0.15) is 0 Å². The van der Waals surface area contributed by atoms with Gasteiger partial charge in [0, 0.05) is 44.0 Å². The lowest BCUT2D eigenvalue weighted by Gasteiger charge is -2.21. The molecular weight excluding hydrogens is 509 g/mol. The Balaban J connectivity index is 0.00000338. The quantitative estimate of drug-likeness (QED) is 0.216. The zero-order valence-corrected chi connectivity index (χ0v) is 19.4. The summed E-state index contributed by atoms with van der Waals surface area (Å²) in [5.41, 5.74) is 1.19.